The van der Waals surface area contributed by atoms with Gasteiger partial charge in [-0.1, -0.05) is 25.7 Å². The van der Waals surface area contributed by atoms with Crippen molar-refractivity contribution in [3.8, 4) is 10.4 Å². The molecule has 0 saturated heterocycles. The summed E-state index contributed by atoms with van der Waals surface area (Å²) in [5.74, 6) is -0.103. The molecule has 0 radical (unpaired) electrons. The van der Waals surface area contributed by atoms with Gasteiger partial charge in [0.1, 0.15) is 11.4 Å². The van der Waals surface area contributed by atoms with E-state index in [9.17, 15) is 9.59 Å². The van der Waals surface area contributed by atoms with Crippen molar-refractivity contribution >= 4 is 38.8 Å². The second kappa shape index (κ2) is 7.94. The average Bonchev–Trinajstić information content (AvgIpc) is 3.18. The Hall–Kier alpha value is -1.99. The molecular formula is C20H23N3O2S2. The summed E-state index contributed by atoms with van der Waals surface area (Å²) in [6.45, 7) is 2.08. The summed E-state index contributed by atoms with van der Waals surface area (Å²) in [4.78, 5) is 32.9. The number of aromatic nitrogens is 2. The minimum Gasteiger partial charge on any atom is -0.352 e. The number of carbonyl (C=O) groups is 1. The van der Waals surface area contributed by atoms with E-state index in [1.54, 1.807) is 11.3 Å². The van der Waals surface area contributed by atoms with Gasteiger partial charge >= 0.3 is 0 Å². The van der Waals surface area contributed by atoms with E-state index in [1.807, 2.05) is 11.4 Å². The summed E-state index contributed by atoms with van der Waals surface area (Å²) in [5, 5.41) is 5.71. The Morgan fingerprint density at radius 1 is 1.26 bits per heavy atom. The van der Waals surface area contributed by atoms with Crippen LogP contribution >= 0.6 is 22.7 Å². The number of carbonyl (C=O) groups excluding carboxylic acids is 1. The molecule has 0 aliphatic heterocycles. The summed E-state index contributed by atoms with van der Waals surface area (Å²) in [7, 11) is 0. The van der Waals surface area contributed by atoms with Crippen molar-refractivity contribution in [1.82, 2.24) is 14.9 Å². The number of aryl methyl sites for hydroxylation is 1. The molecule has 7 heteroatoms. The highest BCUT2D eigenvalue weighted by atomic mass is 32.1. The third kappa shape index (κ3) is 3.99. The third-order valence-electron chi connectivity index (χ3n) is 5.10. The maximum Gasteiger partial charge on any atom is 0.263 e. The van der Waals surface area contributed by atoms with Gasteiger partial charge in [0.15, 0.2) is 0 Å². The van der Waals surface area contributed by atoms with Gasteiger partial charge in [-0.2, -0.15) is 0 Å². The van der Waals surface area contributed by atoms with E-state index >= 15 is 0 Å². The van der Waals surface area contributed by atoms with Crippen LogP contribution in [0.2, 0.25) is 0 Å². The second-order valence-electron chi connectivity index (χ2n) is 7.17. The number of amides is 1. The lowest BCUT2D eigenvalue weighted by atomic mass is 10.1. The molecule has 3 aromatic rings. The molecule has 0 aromatic carbocycles. The van der Waals surface area contributed by atoms with Crippen LogP contribution in [0.3, 0.4) is 0 Å². The molecule has 142 valence electrons. The first-order valence-corrected chi connectivity index (χ1v) is 11.1. The molecule has 0 spiro atoms. The number of hydrogen-bond acceptors (Lipinski definition) is 5. The Morgan fingerprint density at radius 3 is 2.74 bits per heavy atom. The van der Waals surface area contributed by atoms with Gasteiger partial charge in [0.25, 0.3) is 5.56 Å². The summed E-state index contributed by atoms with van der Waals surface area (Å²) in [5.41, 5.74) is 0.780. The van der Waals surface area contributed by atoms with Crippen LogP contribution < -0.4 is 10.9 Å². The van der Waals surface area contributed by atoms with E-state index in [4.69, 9.17) is 0 Å². The zero-order valence-corrected chi connectivity index (χ0v) is 17.0. The van der Waals surface area contributed by atoms with Gasteiger partial charge in [-0.05, 0) is 31.9 Å². The lowest BCUT2D eigenvalue weighted by Gasteiger charge is -2.16. The number of rotatable bonds is 4. The number of hydrogen-bond donors (Lipinski definition) is 1. The van der Waals surface area contributed by atoms with Gasteiger partial charge in [0, 0.05) is 26.7 Å². The number of nitrogens with one attached hydrogen (secondary N) is 1. The minimum atomic E-state index is -0.140. The zero-order chi connectivity index (χ0) is 18.8. The van der Waals surface area contributed by atoms with Crippen LogP contribution in [0.5, 0.6) is 0 Å². The minimum absolute atomic E-state index is 0.0248. The van der Waals surface area contributed by atoms with Crippen molar-refractivity contribution in [1.29, 1.82) is 0 Å². The predicted molar refractivity (Wildman–Crippen MR) is 112 cm³/mol. The Morgan fingerprint density at radius 2 is 2.04 bits per heavy atom. The largest absolute Gasteiger partial charge is 0.352 e. The van der Waals surface area contributed by atoms with Crippen molar-refractivity contribution in [3.63, 3.8) is 0 Å². The third-order valence-corrected chi connectivity index (χ3v) is 7.02. The highest BCUT2D eigenvalue weighted by Gasteiger charge is 2.18. The SMILES string of the molecule is Cc1ccc(-c2csc3ncn(CC(=O)NC4CCCCCC4)c(=O)c23)s1. The Balaban J connectivity index is 1.58. The van der Waals surface area contributed by atoms with Crippen molar-refractivity contribution in [3.05, 3.63) is 39.1 Å². The maximum atomic E-state index is 13.0. The van der Waals surface area contributed by atoms with E-state index in [-0.39, 0.29) is 24.1 Å². The molecule has 0 bridgehead atoms. The fraction of sp³-hybridized carbons (Fsp3) is 0.450. The lowest BCUT2D eigenvalue weighted by molar-refractivity contribution is -0.122. The number of nitrogens with zero attached hydrogens (tertiary/aromatic N) is 2. The first-order chi connectivity index (χ1) is 13.1. The second-order valence-corrected chi connectivity index (χ2v) is 9.32. The fourth-order valence-electron chi connectivity index (χ4n) is 3.69. The molecule has 1 N–H and O–H groups in total. The maximum absolute atomic E-state index is 13.0. The molecule has 5 nitrogen and oxygen atoms in total. The van der Waals surface area contributed by atoms with E-state index < -0.39 is 0 Å². The summed E-state index contributed by atoms with van der Waals surface area (Å²) in [6.07, 6.45) is 8.38. The normalized spacial score (nSPS) is 15.7. The number of thiophene rings is 2. The molecule has 4 rings (SSSR count). The van der Waals surface area contributed by atoms with Crippen LogP contribution in [0.25, 0.3) is 20.7 Å². The van der Waals surface area contributed by atoms with E-state index in [0.717, 1.165) is 41.0 Å². The smallest absolute Gasteiger partial charge is 0.263 e. The summed E-state index contributed by atoms with van der Waals surface area (Å²) >= 11 is 3.14. The Labute approximate surface area is 166 Å². The molecule has 0 atom stereocenters. The molecule has 27 heavy (non-hydrogen) atoms. The van der Waals surface area contributed by atoms with Crippen LogP contribution in [0, 0.1) is 6.92 Å². The zero-order valence-electron chi connectivity index (χ0n) is 15.4. The molecule has 1 aliphatic rings. The molecule has 1 aliphatic carbocycles. The van der Waals surface area contributed by atoms with Crippen molar-refractivity contribution < 1.29 is 4.79 Å². The van der Waals surface area contributed by atoms with Crippen LogP contribution in [-0.2, 0) is 11.3 Å². The monoisotopic (exact) mass is 401 g/mol. The summed E-state index contributed by atoms with van der Waals surface area (Å²) < 4.78 is 1.44. The van der Waals surface area contributed by atoms with Gasteiger partial charge < -0.3 is 5.32 Å². The molecule has 1 saturated carbocycles. The molecule has 0 unspecified atom stereocenters. The van der Waals surface area contributed by atoms with Crippen molar-refractivity contribution in [2.75, 3.05) is 0 Å². The average molecular weight is 402 g/mol. The van der Waals surface area contributed by atoms with Gasteiger partial charge in [-0.3, -0.25) is 14.2 Å². The lowest BCUT2D eigenvalue weighted by Crippen LogP contribution is -2.38. The van der Waals surface area contributed by atoms with Gasteiger partial charge in [-0.15, -0.1) is 22.7 Å². The first kappa shape index (κ1) is 18.4. The molecular weight excluding hydrogens is 378 g/mol. The quantitative estimate of drug-likeness (QED) is 0.662. The summed E-state index contributed by atoms with van der Waals surface area (Å²) in [6, 6.07) is 4.33. The van der Waals surface area contributed by atoms with Gasteiger partial charge in [0.05, 0.1) is 11.7 Å². The topological polar surface area (TPSA) is 64.0 Å². The molecule has 1 amide bonds. The van der Waals surface area contributed by atoms with Crippen LogP contribution in [0.4, 0.5) is 0 Å². The fourth-order valence-corrected chi connectivity index (χ4v) is 5.55. The van der Waals surface area contributed by atoms with E-state index in [1.165, 1.54) is 39.9 Å². The van der Waals surface area contributed by atoms with E-state index in [0.29, 0.717) is 5.39 Å². The standard InChI is InChI=1S/C20H23N3O2S2/c1-13-8-9-16(27-13)15-11-26-19-18(15)20(25)23(12-21-19)10-17(24)22-14-6-4-2-3-5-7-14/h8-9,11-12,14H,2-7,10H2,1H3,(H,22,24). The Kier molecular flexibility index (Phi) is 5.41. The highest BCUT2D eigenvalue weighted by Crippen LogP contribution is 2.34. The van der Waals surface area contributed by atoms with Crippen LogP contribution in [0.15, 0.2) is 28.6 Å². The van der Waals surface area contributed by atoms with Crippen LogP contribution in [-0.4, -0.2) is 21.5 Å². The van der Waals surface area contributed by atoms with Crippen molar-refractivity contribution in [2.45, 2.75) is 58.0 Å². The predicted octanol–water partition coefficient (Wildman–Crippen LogP) is 4.33. The van der Waals surface area contributed by atoms with Gasteiger partial charge in [0.2, 0.25) is 5.91 Å². The molecule has 3 aromatic heterocycles. The van der Waals surface area contributed by atoms with Gasteiger partial charge in [-0.25, -0.2) is 4.98 Å². The van der Waals surface area contributed by atoms with Crippen molar-refractivity contribution in [2.24, 2.45) is 0 Å². The molecule has 3 heterocycles. The Bertz CT molecular complexity index is 1010. The highest BCUT2D eigenvalue weighted by molar-refractivity contribution is 7.19. The number of fused-ring (bicyclic) bond motifs is 1. The van der Waals surface area contributed by atoms with E-state index in [2.05, 4.69) is 23.3 Å². The van der Waals surface area contributed by atoms with Crippen LogP contribution in [0.1, 0.15) is 43.4 Å². The first-order valence-electron chi connectivity index (χ1n) is 9.44. The molecule has 1 fully saturated rings.